The van der Waals surface area contributed by atoms with Gasteiger partial charge in [0.1, 0.15) is 0 Å². The Bertz CT molecular complexity index is 1940. The van der Waals surface area contributed by atoms with E-state index in [0.717, 1.165) is 0 Å². The summed E-state index contributed by atoms with van der Waals surface area (Å²) in [6, 6.07) is 33.0. The van der Waals surface area contributed by atoms with Gasteiger partial charge in [0.15, 0.2) is 0 Å². The van der Waals surface area contributed by atoms with Crippen LogP contribution in [-0.4, -0.2) is 32.2 Å². The summed E-state index contributed by atoms with van der Waals surface area (Å²) in [6.07, 6.45) is 8.86. The molecule has 0 unspecified atom stereocenters. The van der Waals surface area contributed by atoms with Crippen LogP contribution in [0.3, 0.4) is 0 Å². The Morgan fingerprint density at radius 1 is 0.562 bits per heavy atom. The van der Waals surface area contributed by atoms with Crippen LogP contribution in [0, 0.1) is 0 Å². The normalized spacial score (nSPS) is 18.1. The number of nitrogens with zero attached hydrogens (tertiary/aromatic N) is 5. The molecule has 3 heterocycles. The van der Waals surface area contributed by atoms with Crippen LogP contribution in [-0.2, 0) is 23.1 Å². The number of anilines is 4. The van der Waals surface area contributed by atoms with Crippen molar-refractivity contribution in [2.75, 3.05) is 28.8 Å². The van der Waals surface area contributed by atoms with E-state index in [9.17, 15) is 0 Å². The molecule has 4 aliphatic rings. The zero-order chi connectivity index (χ0) is 33.5. The van der Waals surface area contributed by atoms with Crippen molar-refractivity contribution in [3.8, 4) is 0 Å². The van der Waals surface area contributed by atoms with E-state index >= 15 is 0 Å². The van der Waals surface area contributed by atoms with E-state index in [2.05, 4.69) is 190 Å². The first-order valence-corrected chi connectivity index (χ1v) is 19.3. The Labute approximate surface area is 293 Å². The molecule has 8 rings (SSSR count). The van der Waals surface area contributed by atoms with Crippen molar-refractivity contribution >= 4 is 31.0 Å². The van der Waals surface area contributed by atoms with Crippen LogP contribution in [0.15, 0.2) is 110 Å². The Morgan fingerprint density at radius 3 is 1.44 bits per heavy atom. The van der Waals surface area contributed by atoms with Gasteiger partial charge in [-0.15, -0.1) is 0 Å². The number of rotatable bonds is 3. The van der Waals surface area contributed by atoms with Crippen LogP contribution in [0.4, 0.5) is 22.7 Å². The molecular weight excluding hydrogens is 770 g/mol. The van der Waals surface area contributed by atoms with Crippen molar-refractivity contribution in [3.63, 3.8) is 0 Å². The molecule has 3 aliphatic heterocycles. The molecular formula is C42H45N5Pt. The van der Waals surface area contributed by atoms with E-state index in [0.29, 0.717) is 11.8 Å². The molecule has 0 aromatic heterocycles. The third-order valence-electron chi connectivity index (χ3n) is 10.4. The molecule has 6 heteroatoms. The van der Waals surface area contributed by atoms with Crippen LogP contribution < -0.4 is 14.7 Å². The molecule has 0 N–H and O–H groups in total. The summed E-state index contributed by atoms with van der Waals surface area (Å²) in [5.74, 6) is 0.870. The Hall–Kier alpha value is -4.21. The van der Waals surface area contributed by atoms with Crippen LogP contribution in [0.5, 0.6) is 0 Å². The fourth-order valence-corrected chi connectivity index (χ4v) is 10.7. The van der Waals surface area contributed by atoms with Gasteiger partial charge in [0.25, 0.3) is 0 Å². The summed E-state index contributed by atoms with van der Waals surface area (Å²) < 4.78 is 2.67. The average molecular weight is 815 g/mol. The van der Waals surface area contributed by atoms with E-state index in [1.807, 2.05) is 0 Å². The third-order valence-corrected chi connectivity index (χ3v) is 14.1. The summed E-state index contributed by atoms with van der Waals surface area (Å²) >= 11 is -0.526. The molecule has 0 amide bonds. The Morgan fingerprint density at radius 2 is 1.00 bits per heavy atom. The first kappa shape index (κ1) is 31.1. The zero-order valence-corrected chi connectivity index (χ0v) is 31.4. The standard InChI is InChI=1S/C42H45N5.Pt/c1-29(2)31-15-17-39-37(23-31)41(38-24-32(30(3)4)16-18-40(38)42(39,5)6)47(35-13-9-11-33(25-35)45-21-19-43(7)27-45)36-14-10-12-34(26-36)46-22-20-44(8)28-46;/h9-26,29-30,41H,1-8H3;. The van der Waals surface area contributed by atoms with Gasteiger partial charge >= 0.3 is 295 Å². The quantitative estimate of drug-likeness (QED) is 0.205. The van der Waals surface area contributed by atoms with Gasteiger partial charge in [0.05, 0.1) is 0 Å². The zero-order valence-electron chi connectivity index (χ0n) is 29.2. The topological polar surface area (TPSA) is 16.2 Å². The van der Waals surface area contributed by atoms with Gasteiger partial charge in [-0.25, -0.2) is 0 Å². The second-order valence-electron chi connectivity index (χ2n) is 14.6. The van der Waals surface area contributed by atoms with Gasteiger partial charge in [0.2, 0.25) is 0 Å². The average Bonchev–Trinajstić information content (AvgIpc) is 3.63. The van der Waals surface area contributed by atoms with Gasteiger partial charge in [0, 0.05) is 0 Å². The summed E-state index contributed by atoms with van der Waals surface area (Å²) in [7, 11) is 4.36. The third kappa shape index (κ3) is 4.85. The van der Waals surface area contributed by atoms with Gasteiger partial charge in [-0.05, 0) is 0 Å². The first-order chi connectivity index (χ1) is 23.0. The molecule has 4 aromatic carbocycles. The Balaban J connectivity index is 1.46. The summed E-state index contributed by atoms with van der Waals surface area (Å²) in [4.78, 5) is 12.0. The fraction of sp³-hybridized carbons (Fsp3) is 0.286. The fourth-order valence-electron chi connectivity index (χ4n) is 7.62. The van der Waals surface area contributed by atoms with Crippen molar-refractivity contribution in [2.24, 2.45) is 0 Å². The van der Waals surface area contributed by atoms with Crippen LogP contribution in [0.1, 0.15) is 92.8 Å². The molecule has 0 saturated heterocycles. The maximum atomic E-state index is 2.62. The number of hydrogen-bond donors (Lipinski definition) is 0. The molecule has 1 aliphatic carbocycles. The van der Waals surface area contributed by atoms with Crippen LogP contribution >= 0.6 is 0 Å². The monoisotopic (exact) mass is 814 g/mol. The van der Waals surface area contributed by atoms with Crippen molar-refractivity contribution in [1.29, 1.82) is 0 Å². The van der Waals surface area contributed by atoms with Crippen LogP contribution in [0.25, 0.3) is 0 Å². The van der Waals surface area contributed by atoms with Gasteiger partial charge in [-0.1, -0.05) is 0 Å². The number of benzene rings is 4. The van der Waals surface area contributed by atoms with Crippen LogP contribution in [0.2, 0.25) is 0 Å². The first-order valence-electron chi connectivity index (χ1n) is 17.0. The summed E-state index contributed by atoms with van der Waals surface area (Å²) in [5, 5.41) is 0. The van der Waals surface area contributed by atoms with E-state index in [4.69, 9.17) is 0 Å². The van der Waals surface area contributed by atoms with Crippen molar-refractivity contribution < 1.29 is 17.6 Å². The minimum absolute atomic E-state index is 0.0122. The molecule has 248 valence electrons. The van der Waals surface area contributed by atoms with E-state index in [1.165, 1.54) is 64.4 Å². The summed E-state index contributed by atoms with van der Waals surface area (Å²) in [6.45, 7) is 14.1. The predicted octanol–water partition coefficient (Wildman–Crippen LogP) is 9.22. The van der Waals surface area contributed by atoms with Gasteiger partial charge in [-0.3, -0.25) is 0 Å². The molecule has 0 saturated carbocycles. The summed E-state index contributed by atoms with van der Waals surface area (Å²) in [5.41, 5.74) is 13.0. The van der Waals surface area contributed by atoms with Crippen molar-refractivity contribution in [2.45, 2.75) is 64.8 Å². The minimum atomic E-state index is -0.526. The second kappa shape index (κ2) is 11.4. The number of hydrogen-bond acceptors (Lipinski definition) is 5. The molecule has 4 aromatic rings. The van der Waals surface area contributed by atoms with E-state index in [-0.39, 0.29) is 11.5 Å². The predicted molar refractivity (Wildman–Crippen MR) is 199 cm³/mol. The molecule has 0 radical (unpaired) electrons. The molecule has 0 atom stereocenters. The number of fused-ring (bicyclic) bond motifs is 10. The molecule has 48 heavy (non-hydrogen) atoms. The molecule has 0 spiro atoms. The van der Waals surface area contributed by atoms with Crippen molar-refractivity contribution in [3.05, 3.63) is 143 Å². The molecule has 5 nitrogen and oxygen atoms in total. The Kier molecular flexibility index (Phi) is 7.41. The molecule has 0 fully saturated rings. The molecule has 4 bridgehead atoms. The van der Waals surface area contributed by atoms with Gasteiger partial charge < -0.3 is 0 Å². The van der Waals surface area contributed by atoms with Gasteiger partial charge in [-0.2, -0.15) is 0 Å². The second-order valence-corrected chi connectivity index (χ2v) is 17.2. The van der Waals surface area contributed by atoms with Crippen molar-refractivity contribution in [1.82, 2.24) is 9.80 Å². The SMILES string of the molecule is CC(C)c1ccc2c(c1)C(N1c3cccc(c3)N3C=CN(C)[C]3=[Pt]=[C]3N(C)C=CN3c3cccc1c3)c1cc(C(C)C)ccc1C2(C)C. The maximum absolute atomic E-state index is 2.62. The van der Waals surface area contributed by atoms with E-state index in [1.54, 1.807) is 0 Å². The van der Waals surface area contributed by atoms with E-state index < -0.39 is 17.6 Å².